The molecule has 0 aromatic carbocycles. The Kier molecular flexibility index (Phi) is 3.37. The van der Waals surface area contributed by atoms with E-state index < -0.39 is 0 Å². The molecule has 0 spiro atoms. The molecule has 1 aliphatic rings. The Balaban J connectivity index is 1.84. The predicted molar refractivity (Wildman–Crippen MR) is 62.4 cm³/mol. The van der Waals surface area contributed by atoms with Gasteiger partial charge in [-0.15, -0.1) is 0 Å². The van der Waals surface area contributed by atoms with Crippen LogP contribution in [0.25, 0.3) is 0 Å². The molecule has 1 aliphatic carbocycles. The van der Waals surface area contributed by atoms with Gasteiger partial charge >= 0.3 is 0 Å². The summed E-state index contributed by atoms with van der Waals surface area (Å²) in [6.07, 6.45) is 4.54. The topological polar surface area (TPSA) is 24.9 Å². The summed E-state index contributed by atoms with van der Waals surface area (Å²) < 4.78 is 0. The third kappa shape index (κ3) is 2.57. The average Bonchev–Trinajstić information content (AvgIpc) is 2.59. The summed E-state index contributed by atoms with van der Waals surface area (Å²) >= 11 is 0. The first-order valence-electron chi connectivity index (χ1n) is 5.90. The Morgan fingerprint density at radius 1 is 1.33 bits per heavy atom. The summed E-state index contributed by atoms with van der Waals surface area (Å²) in [5.74, 6) is 1.67. The van der Waals surface area contributed by atoms with Crippen molar-refractivity contribution in [2.75, 3.05) is 0 Å². The van der Waals surface area contributed by atoms with Crippen LogP contribution in [0.15, 0.2) is 24.4 Å². The normalized spacial score (nSPS) is 30.7. The molecule has 2 nitrogen and oxygen atoms in total. The van der Waals surface area contributed by atoms with E-state index in [4.69, 9.17) is 0 Å². The van der Waals surface area contributed by atoms with Crippen molar-refractivity contribution in [3.63, 3.8) is 0 Å². The van der Waals surface area contributed by atoms with Gasteiger partial charge in [0.15, 0.2) is 0 Å². The Bertz CT molecular complexity index is 297. The van der Waals surface area contributed by atoms with Gasteiger partial charge < -0.3 is 5.32 Å². The van der Waals surface area contributed by atoms with Crippen LogP contribution < -0.4 is 5.32 Å². The smallest absolute Gasteiger partial charge is 0.0541 e. The molecule has 3 atom stereocenters. The highest BCUT2D eigenvalue weighted by Gasteiger charge is 2.28. The van der Waals surface area contributed by atoms with Crippen molar-refractivity contribution < 1.29 is 0 Å². The number of hydrogen-bond donors (Lipinski definition) is 1. The second-order valence-electron chi connectivity index (χ2n) is 4.72. The monoisotopic (exact) mass is 204 g/mol. The number of rotatable bonds is 3. The molecule has 2 rings (SSSR count). The van der Waals surface area contributed by atoms with E-state index >= 15 is 0 Å². The standard InChI is InChI=1S/C13H20N2/c1-10-6-7-13(11(10)2)15-9-12-5-3-4-8-14-12/h3-5,8,10-11,13,15H,6-7,9H2,1-2H3. The molecule has 15 heavy (non-hydrogen) atoms. The fourth-order valence-electron chi connectivity index (χ4n) is 2.39. The Morgan fingerprint density at radius 3 is 2.80 bits per heavy atom. The number of aromatic nitrogens is 1. The molecule has 1 aromatic heterocycles. The minimum Gasteiger partial charge on any atom is -0.308 e. The molecule has 1 saturated carbocycles. The molecule has 1 fully saturated rings. The van der Waals surface area contributed by atoms with Crippen molar-refractivity contribution in [3.8, 4) is 0 Å². The van der Waals surface area contributed by atoms with E-state index in [0.717, 1.165) is 24.1 Å². The predicted octanol–water partition coefficient (Wildman–Crippen LogP) is 2.61. The van der Waals surface area contributed by atoms with Crippen LogP contribution in [0.5, 0.6) is 0 Å². The van der Waals surface area contributed by atoms with Gasteiger partial charge in [0.05, 0.1) is 5.69 Å². The maximum atomic E-state index is 4.32. The van der Waals surface area contributed by atoms with Gasteiger partial charge in [0.25, 0.3) is 0 Å². The zero-order chi connectivity index (χ0) is 10.7. The quantitative estimate of drug-likeness (QED) is 0.818. The lowest BCUT2D eigenvalue weighted by Crippen LogP contribution is -2.32. The summed E-state index contributed by atoms with van der Waals surface area (Å²) in [5, 5.41) is 3.62. The average molecular weight is 204 g/mol. The van der Waals surface area contributed by atoms with Crippen LogP contribution in [0.4, 0.5) is 0 Å². The van der Waals surface area contributed by atoms with Gasteiger partial charge in [-0.3, -0.25) is 4.98 Å². The van der Waals surface area contributed by atoms with Crippen molar-refractivity contribution in [3.05, 3.63) is 30.1 Å². The molecule has 2 heteroatoms. The molecular formula is C13H20N2. The van der Waals surface area contributed by atoms with Crippen LogP contribution in [-0.4, -0.2) is 11.0 Å². The number of hydrogen-bond acceptors (Lipinski definition) is 2. The number of nitrogens with zero attached hydrogens (tertiary/aromatic N) is 1. The van der Waals surface area contributed by atoms with Gasteiger partial charge in [-0.05, 0) is 36.8 Å². The van der Waals surface area contributed by atoms with Gasteiger partial charge in [0, 0.05) is 18.8 Å². The molecule has 1 heterocycles. The summed E-state index contributed by atoms with van der Waals surface area (Å²) in [5.41, 5.74) is 1.14. The second-order valence-corrected chi connectivity index (χ2v) is 4.72. The number of nitrogens with one attached hydrogen (secondary N) is 1. The van der Waals surface area contributed by atoms with E-state index in [9.17, 15) is 0 Å². The van der Waals surface area contributed by atoms with Gasteiger partial charge in [0.2, 0.25) is 0 Å². The first kappa shape index (κ1) is 10.6. The third-order valence-electron chi connectivity index (χ3n) is 3.74. The van der Waals surface area contributed by atoms with E-state index in [1.165, 1.54) is 12.8 Å². The van der Waals surface area contributed by atoms with Crippen LogP contribution in [0.3, 0.4) is 0 Å². The summed E-state index contributed by atoms with van der Waals surface area (Å²) in [6.45, 7) is 5.61. The molecule has 0 radical (unpaired) electrons. The zero-order valence-corrected chi connectivity index (χ0v) is 9.61. The Hall–Kier alpha value is -0.890. The van der Waals surface area contributed by atoms with Gasteiger partial charge in [-0.1, -0.05) is 19.9 Å². The maximum absolute atomic E-state index is 4.32. The summed E-state index contributed by atoms with van der Waals surface area (Å²) in [6, 6.07) is 6.77. The fraction of sp³-hybridized carbons (Fsp3) is 0.615. The third-order valence-corrected chi connectivity index (χ3v) is 3.74. The number of pyridine rings is 1. The highest BCUT2D eigenvalue weighted by molar-refractivity contribution is 5.03. The van der Waals surface area contributed by atoms with Gasteiger partial charge in [0.1, 0.15) is 0 Å². The molecule has 0 bridgehead atoms. The first-order chi connectivity index (χ1) is 7.27. The zero-order valence-electron chi connectivity index (χ0n) is 9.61. The van der Waals surface area contributed by atoms with Crippen LogP contribution in [-0.2, 0) is 6.54 Å². The lowest BCUT2D eigenvalue weighted by molar-refractivity contribution is 0.368. The Labute approximate surface area is 92.1 Å². The van der Waals surface area contributed by atoms with E-state index in [1.807, 2.05) is 18.3 Å². The lowest BCUT2D eigenvalue weighted by Gasteiger charge is -2.19. The first-order valence-corrected chi connectivity index (χ1v) is 5.90. The summed E-state index contributed by atoms with van der Waals surface area (Å²) in [4.78, 5) is 4.32. The summed E-state index contributed by atoms with van der Waals surface area (Å²) in [7, 11) is 0. The molecule has 3 unspecified atom stereocenters. The minimum absolute atomic E-state index is 0.682. The molecule has 1 aromatic rings. The van der Waals surface area contributed by atoms with Crippen LogP contribution in [0.2, 0.25) is 0 Å². The minimum atomic E-state index is 0.682. The van der Waals surface area contributed by atoms with Gasteiger partial charge in [-0.25, -0.2) is 0 Å². The molecule has 0 amide bonds. The van der Waals surface area contributed by atoms with E-state index in [2.05, 4.69) is 30.2 Å². The van der Waals surface area contributed by atoms with Crippen LogP contribution in [0.1, 0.15) is 32.4 Å². The maximum Gasteiger partial charge on any atom is 0.0541 e. The van der Waals surface area contributed by atoms with E-state index in [-0.39, 0.29) is 0 Å². The van der Waals surface area contributed by atoms with Crippen molar-refractivity contribution in [2.24, 2.45) is 11.8 Å². The van der Waals surface area contributed by atoms with Gasteiger partial charge in [-0.2, -0.15) is 0 Å². The SMILES string of the molecule is CC1CCC(NCc2ccccn2)C1C. The van der Waals surface area contributed by atoms with Crippen molar-refractivity contribution in [1.82, 2.24) is 10.3 Å². The lowest BCUT2D eigenvalue weighted by atomic mass is 9.98. The fourth-order valence-corrected chi connectivity index (χ4v) is 2.39. The second kappa shape index (κ2) is 4.75. The highest BCUT2D eigenvalue weighted by Crippen LogP contribution is 2.31. The van der Waals surface area contributed by atoms with Crippen molar-refractivity contribution in [2.45, 2.75) is 39.3 Å². The highest BCUT2D eigenvalue weighted by atomic mass is 14.9. The Morgan fingerprint density at radius 2 is 2.20 bits per heavy atom. The van der Waals surface area contributed by atoms with E-state index in [0.29, 0.717) is 6.04 Å². The van der Waals surface area contributed by atoms with Crippen LogP contribution >= 0.6 is 0 Å². The van der Waals surface area contributed by atoms with Crippen molar-refractivity contribution >= 4 is 0 Å². The van der Waals surface area contributed by atoms with Crippen LogP contribution in [0, 0.1) is 11.8 Å². The largest absolute Gasteiger partial charge is 0.308 e. The molecule has 0 aliphatic heterocycles. The molecule has 1 N–H and O–H groups in total. The van der Waals surface area contributed by atoms with E-state index in [1.54, 1.807) is 0 Å². The molecule has 0 saturated heterocycles. The molecule has 82 valence electrons. The van der Waals surface area contributed by atoms with Crippen molar-refractivity contribution in [1.29, 1.82) is 0 Å². The molecular weight excluding hydrogens is 184 g/mol.